The Morgan fingerprint density at radius 1 is 1.44 bits per heavy atom. The highest BCUT2D eigenvalue weighted by atomic mass is 32.1. The van der Waals surface area contributed by atoms with Crippen LogP contribution in [-0.2, 0) is 0 Å². The van der Waals surface area contributed by atoms with Gasteiger partial charge in [-0.05, 0) is 40.3 Å². The quantitative estimate of drug-likeness (QED) is 0.889. The summed E-state index contributed by atoms with van der Waals surface area (Å²) < 4.78 is 0. The van der Waals surface area contributed by atoms with Crippen LogP contribution in [0.1, 0.15) is 37.2 Å². The van der Waals surface area contributed by atoms with Gasteiger partial charge in [0.1, 0.15) is 0 Å². The van der Waals surface area contributed by atoms with E-state index in [-0.39, 0.29) is 0 Å². The third-order valence-electron chi connectivity index (χ3n) is 4.01. The second kappa shape index (κ2) is 5.15. The lowest BCUT2D eigenvalue weighted by Crippen LogP contribution is -2.56. The molecule has 4 nitrogen and oxygen atoms in total. The van der Waals surface area contributed by atoms with Gasteiger partial charge in [0.05, 0.1) is 11.0 Å². The number of rotatable bonds is 5. The summed E-state index contributed by atoms with van der Waals surface area (Å²) in [6, 6.07) is 0. The summed E-state index contributed by atoms with van der Waals surface area (Å²) in [5.74, 6) is 0. The van der Waals surface area contributed by atoms with E-state index in [9.17, 15) is 5.11 Å². The number of likely N-dealkylation sites (N-methyl/N-ethyl adjacent to an activating group) is 2. The van der Waals surface area contributed by atoms with Gasteiger partial charge < -0.3 is 14.9 Å². The van der Waals surface area contributed by atoms with E-state index < -0.39 is 6.10 Å². The van der Waals surface area contributed by atoms with E-state index in [4.69, 9.17) is 0 Å². The van der Waals surface area contributed by atoms with Crippen molar-refractivity contribution in [2.75, 3.05) is 32.6 Å². The predicted octanol–water partition coefficient (Wildman–Crippen LogP) is 2.12. The largest absolute Gasteiger partial charge is 0.388 e. The van der Waals surface area contributed by atoms with Crippen LogP contribution in [0, 0.1) is 0 Å². The van der Waals surface area contributed by atoms with Crippen molar-refractivity contribution in [2.45, 2.75) is 37.8 Å². The molecular formula is C13H23N3OS. The molecule has 1 atom stereocenters. The monoisotopic (exact) mass is 269 g/mol. The zero-order chi connectivity index (χ0) is 13.3. The van der Waals surface area contributed by atoms with Crippen molar-refractivity contribution in [3.05, 3.63) is 11.1 Å². The maximum Gasteiger partial charge on any atom is 0.185 e. The molecule has 18 heavy (non-hydrogen) atoms. The molecule has 1 aliphatic rings. The Balaban J connectivity index is 2.04. The van der Waals surface area contributed by atoms with Crippen molar-refractivity contribution in [2.24, 2.45) is 0 Å². The summed E-state index contributed by atoms with van der Waals surface area (Å²) in [5, 5.41) is 10.5. The Bertz CT molecular complexity index is 399. The molecule has 1 aromatic heterocycles. The third-order valence-corrected chi connectivity index (χ3v) is 5.30. The molecule has 1 aliphatic carbocycles. The molecule has 1 heterocycles. The highest BCUT2D eigenvalue weighted by Crippen LogP contribution is 2.38. The van der Waals surface area contributed by atoms with E-state index in [1.54, 1.807) is 24.5 Å². The highest BCUT2D eigenvalue weighted by Gasteiger charge is 2.40. The Morgan fingerprint density at radius 3 is 2.50 bits per heavy atom. The van der Waals surface area contributed by atoms with Gasteiger partial charge in [-0.3, -0.25) is 0 Å². The lowest BCUT2D eigenvalue weighted by molar-refractivity contribution is 0.0683. The average molecular weight is 269 g/mol. The van der Waals surface area contributed by atoms with Crippen LogP contribution in [0.3, 0.4) is 0 Å². The molecule has 5 heteroatoms. The van der Waals surface area contributed by atoms with Gasteiger partial charge in [0.2, 0.25) is 0 Å². The number of aliphatic hydroxyl groups is 1. The standard InChI is InChI=1S/C13H23N3OS/c1-10(17)11-8-14-12(18-11)16(4)9-13(15(2)3)6-5-7-13/h8,10,17H,5-7,9H2,1-4H3. The molecule has 0 amide bonds. The normalized spacial score (nSPS) is 19.7. The van der Waals surface area contributed by atoms with E-state index in [1.807, 2.05) is 0 Å². The Morgan fingerprint density at radius 2 is 2.11 bits per heavy atom. The summed E-state index contributed by atoms with van der Waals surface area (Å²) >= 11 is 1.58. The van der Waals surface area contributed by atoms with Crippen LogP contribution < -0.4 is 4.90 Å². The first-order chi connectivity index (χ1) is 8.44. The predicted molar refractivity (Wildman–Crippen MR) is 76.3 cm³/mol. The Labute approximate surface area is 113 Å². The van der Waals surface area contributed by atoms with Gasteiger partial charge in [-0.15, -0.1) is 0 Å². The number of hydrogen-bond donors (Lipinski definition) is 1. The summed E-state index contributed by atoms with van der Waals surface area (Å²) in [6.45, 7) is 2.79. The van der Waals surface area contributed by atoms with Crippen molar-refractivity contribution in [3.8, 4) is 0 Å². The maximum atomic E-state index is 9.54. The molecule has 1 unspecified atom stereocenters. The lowest BCUT2D eigenvalue weighted by Gasteiger charge is -2.49. The van der Waals surface area contributed by atoms with E-state index in [2.05, 4.69) is 35.9 Å². The Kier molecular flexibility index (Phi) is 3.94. The van der Waals surface area contributed by atoms with Crippen LogP contribution in [-0.4, -0.2) is 48.2 Å². The molecule has 1 aromatic rings. The molecule has 1 fully saturated rings. The molecular weight excluding hydrogens is 246 g/mol. The van der Waals surface area contributed by atoms with Gasteiger partial charge in [0.15, 0.2) is 5.13 Å². The van der Waals surface area contributed by atoms with E-state index in [1.165, 1.54) is 19.3 Å². The zero-order valence-corrected chi connectivity index (χ0v) is 12.5. The van der Waals surface area contributed by atoms with Crippen molar-refractivity contribution in [1.29, 1.82) is 0 Å². The minimum Gasteiger partial charge on any atom is -0.388 e. The molecule has 102 valence electrons. The van der Waals surface area contributed by atoms with Crippen LogP contribution in [0.5, 0.6) is 0 Å². The smallest absolute Gasteiger partial charge is 0.185 e. The van der Waals surface area contributed by atoms with Crippen LogP contribution in [0.15, 0.2) is 6.20 Å². The second-order valence-electron chi connectivity index (χ2n) is 5.55. The number of nitrogens with zero attached hydrogens (tertiary/aromatic N) is 3. The summed E-state index contributed by atoms with van der Waals surface area (Å²) in [5.41, 5.74) is 0.311. The second-order valence-corrected chi connectivity index (χ2v) is 6.59. The molecule has 0 bridgehead atoms. The fourth-order valence-corrected chi connectivity index (χ4v) is 3.30. The summed E-state index contributed by atoms with van der Waals surface area (Å²) in [4.78, 5) is 9.90. The SMILES string of the molecule is CC(O)c1cnc(N(C)CC2(N(C)C)CCC2)s1. The number of aliphatic hydroxyl groups excluding tert-OH is 1. The first kappa shape index (κ1) is 13.8. The van der Waals surface area contributed by atoms with Crippen molar-refractivity contribution in [1.82, 2.24) is 9.88 Å². The number of anilines is 1. The molecule has 0 spiro atoms. The average Bonchev–Trinajstić information content (AvgIpc) is 2.71. The maximum absolute atomic E-state index is 9.54. The minimum absolute atomic E-state index is 0.311. The molecule has 0 aromatic carbocycles. The molecule has 1 N–H and O–H groups in total. The van der Waals surface area contributed by atoms with Crippen LogP contribution in [0.25, 0.3) is 0 Å². The Hall–Kier alpha value is -0.650. The zero-order valence-electron chi connectivity index (χ0n) is 11.7. The van der Waals surface area contributed by atoms with Gasteiger partial charge in [0.25, 0.3) is 0 Å². The minimum atomic E-state index is -0.420. The molecule has 1 saturated carbocycles. The van der Waals surface area contributed by atoms with Crippen LogP contribution >= 0.6 is 11.3 Å². The number of aromatic nitrogens is 1. The van der Waals surface area contributed by atoms with Gasteiger partial charge in [0, 0.05) is 25.3 Å². The number of thiazole rings is 1. The molecule has 2 rings (SSSR count). The van der Waals surface area contributed by atoms with Crippen LogP contribution in [0.4, 0.5) is 5.13 Å². The van der Waals surface area contributed by atoms with Gasteiger partial charge in [-0.25, -0.2) is 4.98 Å². The molecule has 0 saturated heterocycles. The van der Waals surface area contributed by atoms with Crippen molar-refractivity contribution in [3.63, 3.8) is 0 Å². The lowest BCUT2D eigenvalue weighted by atomic mass is 9.75. The topological polar surface area (TPSA) is 39.6 Å². The first-order valence-electron chi connectivity index (χ1n) is 6.47. The van der Waals surface area contributed by atoms with E-state index in [0.717, 1.165) is 16.6 Å². The molecule has 0 aliphatic heterocycles. The van der Waals surface area contributed by atoms with E-state index >= 15 is 0 Å². The van der Waals surface area contributed by atoms with Gasteiger partial charge >= 0.3 is 0 Å². The third kappa shape index (κ3) is 2.53. The molecule has 0 radical (unpaired) electrons. The summed E-state index contributed by atoms with van der Waals surface area (Å²) in [7, 11) is 6.42. The fourth-order valence-electron chi connectivity index (χ4n) is 2.49. The number of hydrogen-bond acceptors (Lipinski definition) is 5. The fraction of sp³-hybridized carbons (Fsp3) is 0.769. The van der Waals surface area contributed by atoms with Crippen LogP contribution in [0.2, 0.25) is 0 Å². The van der Waals surface area contributed by atoms with Gasteiger partial charge in [-0.1, -0.05) is 11.3 Å². The van der Waals surface area contributed by atoms with Crippen molar-refractivity contribution >= 4 is 16.5 Å². The van der Waals surface area contributed by atoms with Gasteiger partial charge in [-0.2, -0.15) is 0 Å². The highest BCUT2D eigenvalue weighted by molar-refractivity contribution is 7.15. The first-order valence-corrected chi connectivity index (χ1v) is 7.29. The van der Waals surface area contributed by atoms with E-state index in [0.29, 0.717) is 5.54 Å². The van der Waals surface area contributed by atoms with Crippen molar-refractivity contribution < 1.29 is 5.11 Å². The summed E-state index contributed by atoms with van der Waals surface area (Å²) in [6.07, 6.45) is 5.21.